The van der Waals surface area contributed by atoms with Gasteiger partial charge < -0.3 is 77.4 Å². The number of nitrogens with two attached hydrogens (primary N) is 4. The molecule has 38 heavy (non-hydrogen) atoms. The third kappa shape index (κ3) is 4.61. The molecule has 0 aromatic rings. The largest absolute Gasteiger partial charge is 0.505 e. The molecule has 1 saturated heterocycles. The average Bonchev–Trinajstić information content (AvgIpc) is 2.86. The number of ether oxygens (including phenoxy) is 4. The summed E-state index contributed by atoms with van der Waals surface area (Å²) in [5, 5.41) is 61.2. The smallest absolute Gasteiger partial charge is 0.439 e. The minimum absolute atomic E-state index is 0.0992. The van der Waals surface area contributed by atoms with Gasteiger partial charge in [-0.15, -0.1) is 0 Å². The summed E-state index contributed by atoms with van der Waals surface area (Å²) < 4.78 is 53.7. The molecule has 1 aliphatic carbocycles. The molecule has 214 valence electrons. The quantitative estimate of drug-likeness (QED) is 0.138. The maximum absolute atomic E-state index is 11.7. The summed E-state index contributed by atoms with van der Waals surface area (Å²) in [6, 6.07) is -2.07. The van der Waals surface area contributed by atoms with Crippen molar-refractivity contribution in [2.75, 3.05) is 13.2 Å². The van der Waals surface area contributed by atoms with Gasteiger partial charge in [0.05, 0.1) is 6.54 Å². The van der Waals surface area contributed by atoms with Gasteiger partial charge in [-0.2, -0.15) is 12.6 Å². The standard InChI is InChI=1S/C18H26N4O15S/c19-3-18-15(35-37-38(29,30)36-18)10(26)11(27)17(34-18)33-14-5(21)1-4(20)13(12(14)28)32-16-9(25)7(22)8(24)6(2-23)31-16/h4-5,12-14,16,23-28H,1-3,19-22H2. The van der Waals surface area contributed by atoms with Gasteiger partial charge in [-0.1, -0.05) is 0 Å². The van der Waals surface area contributed by atoms with Gasteiger partial charge >= 0.3 is 22.1 Å². The van der Waals surface area contributed by atoms with Crippen molar-refractivity contribution >= 4 is 10.4 Å². The third-order valence-corrected chi connectivity index (χ3v) is 6.65. The predicted octanol–water partition coefficient (Wildman–Crippen LogP) is -3.57. The van der Waals surface area contributed by atoms with Crippen LogP contribution in [-0.2, 0) is 42.8 Å². The Labute approximate surface area is 213 Å². The van der Waals surface area contributed by atoms with E-state index in [1.54, 1.807) is 0 Å². The Hall–Kier alpha value is -3.21. The highest BCUT2D eigenvalue weighted by molar-refractivity contribution is 7.81. The summed E-state index contributed by atoms with van der Waals surface area (Å²) in [6.45, 7) is -1.61. The molecule has 2 fully saturated rings. The molecule has 14 N–H and O–H groups in total. The Bertz CT molecular complexity index is 1220. The van der Waals surface area contributed by atoms with Crippen LogP contribution in [0.25, 0.3) is 0 Å². The lowest BCUT2D eigenvalue weighted by Gasteiger charge is -2.44. The summed E-state index contributed by atoms with van der Waals surface area (Å²) in [5.74, 6) is -8.56. The van der Waals surface area contributed by atoms with Crippen molar-refractivity contribution in [1.29, 1.82) is 0 Å². The van der Waals surface area contributed by atoms with Crippen molar-refractivity contribution in [1.82, 2.24) is 0 Å². The molecular formula is C18H26N4O15S. The maximum Gasteiger partial charge on any atom is 0.439 e. The molecule has 3 aliphatic heterocycles. The molecule has 0 bridgehead atoms. The summed E-state index contributed by atoms with van der Waals surface area (Å²) in [7, 11) is -4.83. The first-order chi connectivity index (χ1) is 17.7. The SMILES string of the molecule is NCC12OC(OC3C(N)CC(N)C(OC4OC(CO)=C(O)C(N)=C4O)C3O)=C(O)C(O)=C1OOS(=O)(=O)O2. The van der Waals surface area contributed by atoms with Gasteiger partial charge in [0.2, 0.25) is 11.5 Å². The van der Waals surface area contributed by atoms with Crippen LogP contribution in [0.4, 0.5) is 0 Å². The van der Waals surface area contributed by atoms with Gasteiger partial charge in [0, 0.05) is 12.1 Å². The molecule has 0 spiro atoms. The second-order valence-electron chi connectivity index (χ2n) is 8.43. The Morgan fingerprint density at radius 2 is 1.71 bits per heavy atom. The monoisotopic (exact) mass is 570 g/mol. The highest BCUT2D eigenvalue weighted by Crippen LogP contribution is 2.42. The molecule has 0 aromatic heterocycles. The van der Waals surface area contributed by atoms with E-state index in [-0.39, 0.29) is 6.42 Å². The lowest BCUT2D eigenvalue weighted by Crippen LogP contribution is -2.63. The van der Waals surface area contributed by atoms with E-state index in [1.807, 2.05) is 0 Å². The molecule has 1 saturated carbocycles. The van der Waals surface area contributed by atoms with Gasteiger partial charge in [0.15, 0.2) is 17.3 Å². The van der Waals surface area contributed by atoms with Crippen molar-refractivity contribution in [3.63, 3.8) is 0 Å². The maximum atomic E-state index is 11.7. The van der Waals surface area contributed by atoms with Crippen molar-refractivity contribution in [3.8, 4) is 0 Å². The molecule has 4 rings (SSSR count). The number of hydrogen-bond acceptors (Lipinski definition) is 19. The Kier molecular flexibility index (Phi) is 7.20. The van der Waals surface area contributed by atoms with Crippen LogP contribution in [0.2, 0.25) is 0 Å². The highest BCUT2D eigenvalue weighted by atomic mass is 32.3. The van der Waals surface area contributed by atoms with Crippen LogP contribution >= 0.6 is 0 Å². The zero-order chi connectivity index (χ0) is 28.2. The van der Waals surface area contributed by atoms with E-state index in [1.165, 1.54) is 0 Å². The van der Waals surface area contributed by atoms with Crippen molar-refractivity contribution in [2.24, 2.45) is 22.9 Å². The second kappa shape index (κ2) is 9.83. The minimum Gasteiger partial charge on any atom is -0.505 e. The molecule has 0 amide bonds. The van der Waals surface area contributed by atoms with Gasteiger partial charge in [-0.25, -0.2) is 0 Å². The first-order valence-electron chi connectivity index (χ1n) is 10.7. The fraction of sp³-hybridized carbons (Fsp3) is 0.556. The van der Waals surface area contributed by atoms with Gasteiger partial charge in [-0.05, 0) is 10.8 Å². The van der Waals surface area contributed by atoms with Crippen LogP contribution in [0, 0.1) is 0 Å². The Morgan fingerprint density at radius 1 is 1.05 bits per heavy atom. The average molecular weight is 570 g/mol. The molecule has 3 heterocycles. The number of hydrogen-bond donors (Lipinski definition) is 10. The van der Waals surface area contributed by atoms with E-state index in [2.05, 4.69) is 13.4 Å². The van der Waals surface area contributed by atoms with Crippen LogP contribution in [0.5, 0.6) is 0 Å². The van der Waals surface area contributed by atoms with E-state index in [0.29, 0.717) is 0 Å². The van der Waals surface area contributed by atoms with Crippen LogP contribution < -0.4 is 22.9 Å². The fourth-order valence-corrected chi connectivity index (χ4v) is 4.70. The number of fused-ring (bicyclic) bond motifs is 1. The summed E-state index contributed by atoms with van der Waals surface area (Å²) in [5.41, 5.74) is 22.8. The van der Waals surface area contributed by atoms with Gasteiger partial charge in [-0.3, -0.25) is 0 Å². The number of aliphatic hydroxyl groups is 6. The van der Waals surface area contributed by atoms with Crippen LogP contribution in [0.1, 0.15) is 6.42 Å². The minimum atomic E-state index is -4.83. The zero-order valence-corrected chi connectivity index (χ0v) is 20.0. The molecule has 0 radical (unpaired) electrons. The van der Waals surface area contributed by atoms with Crippen molar-refractivity contribution in [2.45, 2.75) is 48.9 Å². The van der Waals surface area contributed by atoms with E-state index >= 15 is 0 Å². The molecule has 0 aromatic carbocycles. The summed E-state index contributed by atoms with van der Waals surface area (Å²) in [6.07, 6.45) is -6.52. The Morgan fingerprint density at radius 3 is 2.34 bits per heavy atom. The van der Waals surface area contributed by atoms with Crippen LogP contribution in [0.15, 0.2) is 46.2 Å². The topological polar surface area (TPSA) is 324 Å². The van der Waals surface area contributed by atoms with Crippen LogP contribution in [0.3, 0.4) is 0 Å². The summed E-state index contributed by atoms with van der Waals surface area (Å²) in [4.78, 5) is 4.47. The molecule has 4 aliphatic rings. The second-order valence-corrected chi connectivity index (χ2v) is 9.55. The number of rotatable bonds is 6. The van der Waals surface area contributed by atoms with Gasteiger partial charge in [0.1, 0.15) is 30.6 Å². The number of aliphatic hydroxyl groups excluding tert-OH is 6. The first-order valence-corrected chi connectivity index (χ1v) is 12.1. The van der Waals surface area contributed by atoms with Crippen molar-refractivity contribution in [3.05, 3.63) is 46.2 Å². The van der Waals surface area contributed by atoms with E-state index in [9.17, 15) is 39.1 Å². The first kappa shape index (κ1) is 27.8. The lowest BCUT2D eigenvalue weighted by atomic mass is 9.84. The highest BCUT2D eigenvalue weighted by Gasteiger charge is 2.57. The predicted molar refractivity (Wildman–Crippen MR) is 116 cm³/mol. The molecule has 7 atom stereocenters. The van der Waals surface area contributed by atoms with Gasteiger partial charge in [0.25, 0.3) is 12.0 Å². The van der Waals surface area contributed by atoms with Crippen LogP contribution in [-0.4, -0.2) is 94.7 Å². The lowest BCUT2D eigenvalue weighted by molar-refractivity contribution is -0.298. The normalized spacial score (nSPS) is 37.3. The molecule has 7 unspecified atom stereocenters. The Balaban J connectivity index is 1.59. The third-order valence-electron chi connectivity index (χ3n) is 5.94. The summed E-state index contributed by atoms with van der Waals surface area (Å²) >= 11 is 0. The molecular weight excluding hydrogens is 544 g/mol. The van der Waals surface area contributed by atoms with Crippen molar-refractivity contribution < 1.29 is 71.4 Å². The van der Waals surface area contributed by atoms with E-state index in [0.717, 1.165) is 0 Å². The molecule has 20 heteroatoms. The van der Waals surface area contributed by atoms with E-state index in [4.69, 9.17) is 41.9 Å². The fourth-order valence-electron chi connectivity index (χ4n) is 4.01. The zero-order valence-electron chi connectivity index (χ0n) is 19.2. The van der Waals surface area contributed by atoms with E-state index < -0.39 is 112 Å². The molecule has 19 nitrogen and oxygen atoms in total.